The summed E-state index contributed by atoms with van der Waals surface area (Å²) in [5.41, 5.74) is 3.91. The Labute approximate surface area is 179 Å². The van der Waals surface area contributed by atoms with Crippen LogP contribution in [0.2, 0.25) is 0 Å². The maximum Gasteiger partial charge on any atom is 0.295 e. The molecular weight excluding hydrogens is 362 g/mol. The molecule has 5 nitrogen and oxygen atoms in total. The van der Waals surface area contributed by atoms with Gasteiger partial charge in [0, 0.05) is 15.9 Å². The molecule has 5 heteroatoms. The number of Topliss-reactive ketones (excluding diaryl/α,β-unsaturated/α-hetero) is 1. The number of fused-ring (bicyclic) bond motifs is 5. The first-order chi connectivity index (χ1) is 14.7. The van der Waals surface area contributed by atoms with Gasteiger partial charge >= 0.3 is 0 Å². The topological polar surface area (TPSA) is 58.5 Å². The molecule has 1 unspecified atom stereocenters. The van der Waals surface area contributed by atoms with Crippen molar-refractivity contribution in [1.82, 2.24) is 5.43 Å². The zero-order chi connectivity index (χ0) is 23.7. The van der Waals surface area contributed by atoms with Crippen LogP contribution in [-0.4, -0.2) is 49.6 Å². The van der Waals surface area contributed by atoms with E-state index in [1.807, 2.05) is 34.1 Å². The Balaban J connectivity index is 1.60. The second-order valence-corrected chi connectivity index (χ2v) is 11.1. The molecule has 0 aromatic carbocycles. The van der Waals surface area contributed by atoms with Gasteiger partial charge in [-0.15, -0.1) is 0 Å². The first kappa shape index (κ1) is 17.2. The molecule has 4 aliphatic carbocycles. The van der Waals surface area contributed by atoms with Crippen LogP contribution >= 0.6 is 0 Å². The van der Waals surface area contributed by atoms with Gasteiger partial charge in [0.2, 0.25) is 0 Å². The number of ketones is 1. The molecule has 3 saturated carbocycles. The maximum absolute atomic E-state index is 12.8. The molecule has 29 heavy (non-hydrogen) atoms. The summed E-state index contributed by atoms with van der Waals surface area (Å²) in [5.74, 6) is -0.174. The van der Waals surface area contributed by atoms with Crippen LogP contribution in [0.25, 0.3) is 0 Å². The average Bonchev–Trinajstić information content (AvgIpc) is 2.89. The van der Waals surface area contributed by atoms with Gasteiger partial charge in [-0.05, 0) is 74.1 Å². The fraction of sp³-hybridized carbons (Fsp3) is 0.792. The summed E-state index contributed by atoms with van der Waals surface area (Å²) in [7, 11) is 5.87. The number of hydrogen-bond acceptors (Lipinski definition) is 3. The van der Waals surface area contributed by atoms with E-state index < -0.39 is 18.2 Å². The van der Waals surface area contributed by atoms with Crippen molar-refractivity contribution in [2.45, 2.75) is 65.1 Å². The number of carbonyl (C=O) groups excluding carboxylic acids is 2. The Morgan fingerprint density at radius 3 is 2.66 bits per heavy atom. The minimum Gasteiger partial charge on any atom is -0.323 e. The molecule has 0 aromatic rings. The van der Waals surface area contributed by atoms with Gasteiger partial charge < -0.3 is 4.48 Å². The van der Waals surface area contributed by atoms with E-state index in [4.69, 9.17) is 4.11 Å². The fourth-order valence-electron chi connectivity index (χ4n) is 6.26. The van der Waals surface area contributed by atoms with Crippen molar-refractivity contribution in [1.29, 1.82) is 0 Å². The lowest BCUT2D eigenvalue weighted by Gasteiger charge is -2.57. The van der Waals surface area contributed by atoms with Crippen molar-refractivity contribution >= 4 is 17.4 Å². The Morgan fingerprint density at radius 2 is 1.93 bits per heavy atom. The summed E-state index contributed by atoms with van der Waals surface area (Å²) < 4.78 is 26.8. The lowest BCUT2D eigenvalue weighted by molar-refractivity contribution is -0.862. The predicted octanol–water partition coefficient (Wildman–Crippen LogP) is 3.70. The van der Waals surface area contributed by atoms with E-state index in [1.165, 1.54) is 0 Å². The van der Waals surface area contributed by atoms with Crippen LogP contribution in [0.15, 0.2) is 16.8 Å². The Kier molecular flexibility index (Phi) is 4.18. The van der Waals surface area contributed by atoms with Gasteiger partial charge in [0.05, 0.1) is 26.9 Å². The summed E-state index contributed by atoms with van der Waals surface area (Å²) in [6.45, 7) is 4.59. The molecule has 4 aliphatic rings. The number of allylic oxidation sites excluding steroid dienone is 2. The van der Waals surface area contributed by atoms with Crippen LogP contribution in [0.5, 0.6) is 0 Å². The third-order valence-corrected chi connectivity index (χ3v) is 8.04. The molecule has 0 aliphatic heterocycles. The van der Waals surface area contributed by atoms with Gasteiger partial charge in [-0.25, -0.2) is 5.43 Å². The van der Waals surface area contributed by atoms with E-state index in [9.17, 15) is 9.59 Å². The smallest absolute Gasteiger partial charge is 0.295 e. The molecule has 0 spiro atoms. The molecular formula is C24H38N3O2+. The van der Waals surface area contributed by atoms with Crippen molar-refractivity contribution in [3.63, 3.8) is 0 Å². The third kappa shape index (κ3) is 3.60. The molecule has 3 fully saturated rings. The van der Waals surface area contributed by atoms with Crippen LogP contribution in [0.4, 0.5) is 0 Å². The highest BCUT2D eigenvalue weighted by atomic mass is 16.2. The Bertz CT molecular complexity index is 893. The van der Waals surface area contributed by atoms with Gasteiger partial charge in [-0.3, -0.25) is 9.59 Å². The van der Waals surface area contributed by atoms with Gasteiger partial charge in [0.1, 0.15) is 5.78 Å². The second-order valence-electron chi connectivity index (χ2n) is 11.1. The molecule has 0 radical (unpaired) electrons. The molecule has 0 bridgehead atoms. The molecule has 6 atom stereocenters. The largest absolute Gasteiger partial charge is 0.323 e. The van der Waals surface area contributed by atoms with E-state index in [2.05, 4.69) is 17.5 Å². The molecule has 1 amide bonds. The number of likely N-dealkylation sites (N-methyl/N-ethyl adjacent to an activating group) is 1. The lowest BCUT2D eigenvalue weighted by atomic mass is 9.47. The molecule has 4 rings (SSSR count). The van der Waals surface area contributed by atoms with Crippen LogP contribution < -0.4 is 5.43 Å². The normalized spacial score (nSPS) is 46.5. The molecule has 0 aromatic heterocycles. The van der Waals surface area contributed by atoms with Gasteiger partial charge in [0.25, 0.3) is 5.91 Å². The predicted molar refractivity (Wildman–Crippen MR) is 115 cm³/mol. The number of rotatable bonds is 3. The van der Waals surface area contributed by atoms with Gasteiger partial charge in [-0.2, -0.15) is 5.10 Å². The van der Waals surface area contributed by atoms with E-state index in [1.54, 1.807) is 0 Å². The molecule has 1 N–H and O–H groups in total. The number of carbonyl (C=O) groups is 2. The molecule has 0 heterocycles. The standard InChI is InChI=1S/C24H37N3O2/c1-23-12-10-17(25-26-22(29)15-27(3,4)5)14-16(23)6-7-18-19-8-9-21(28)24(19,2)13-11-20(18)23/h14,18-20H,6-13,15H2,1-5H3/p+1/b25-17-/t18-,19-,20-,23-,24-/m0/s1/i7D2,9D/t9?,18-,19-,20-,23-,24-. The average molecular weight is 404 g/mol. The Morgan fingerprint density at radius 1 is 1.21 bits per heavy atom. The summed E-state index contributed by atoms with van der Waals surface area (Å²) >= 11 is 0. The van der Waals surface area contributed by atoms with E-state index >= 15 is 0 Å². The molecule has 160 valence electrons. The number of nitrogens with one attached hydrogen (secondary N) is 1. The van der Waals surface area contributed by atoms with Gasteiger partial charge in [-0.1, -0.05) is 19.4 Å². The highest BCUT2D eigenvalue weighted by Crippen LogP contribution is 2.64. The van der Waals surface area contributed by atoms with Gasteiger partial charge in [0.15, 0.2) is 6.54 Å². The van der Waals surface area contributed by atoms with E-state index in [0.29, 0.717) is 23.9 Å². The summed E-state index contributed by atoms with van der Waals surface area (Å²) in [6, 6.07) is 0. The fourth-order valence-corrected chi connectivity index (χ4v) is 6.26. The summed E-state index contributed by atoms with van der Waals surface area (Å²) in [6.07, 6.45) is 3.94. The Hall–Kier alpha value is -1.49. The SMILES string of the molecule is [2H]C1C[C@H]2[C@H]3[C@H](CC[C@]2(C)C1=O)[C@@]1(C)CC/C(=N/NC(=O)C[N+](C)(C)C)C=C1CC3([2H])[2H]. The van der Waals surface area contributed by atoms with Crippen molar-refractivity contribution in [3.8, 4) is 0 Å². The first-order valence-electron chi connectivity index (χ1n) is 12.6. The number of hydrogen-bond donors (Lipinski definition) is 1. The second kappa shape index (κ2) is 7.04. The number of hydrazone groups is 1. The van der Waals surface area contributed by atoms with Crippen LogP contribution in [-0.2, 0) is 9.59 Å². The maximum atomic E-state index is 12.8. The van der Waals surface area contributed by atoms with E-state index in [0.717, 1.165) is 37.0 Å². The van der Waals surface area contributed by atoms with Crippen LogP contribution in [0.3, 0.4) is 0 Å². The summed E-state index contributed by atoms with van der Waals surface area (Å²) in [5, 5.41) is 4.36. The minimum atomic E-state index is -1.41. The highest BCUT2D eigenvalue weighted by Gasteiger charge is 2.58. The zero-order valence-electron chi connectivity index (χ0n) is 21.5. The summed E-state index contributed by atoms with van der Waals surface area (Å²) in [4.78, 5) is 25.0. The first-order valence-corrected chi connectivity index (χ1v) is 11.0. The quantitative estimate of drug-likeness (QED) is 0.577. The van der Waals surface area contributed by atoms with Crippen LogP contribution in [0, 0.1) is 28.6 Å². The number of quaternary nitrogens is 1. The van der Waals surface area contributed by atoms with Crippen LogP contribution in [0.1, 0.15) is 69.3 Å². The van der Waals surface area contributed by atoms with Crippen molar-refractivity contribution in [3.05, 3.63) is 11.6 Å². The highest BCUT2D eigenvalue weighted by molar-refractivity contribution is 5.97. The lowest BCUT2D eigenvalue weighted by Crippen LogP contribution is -2.50. The van der Waals surface area contributed by atoms with Crippen molar-refractivity contribution in [2.24, 2.45) is 33.7 Å². The number of nitrogens with zero attached hydrogens (tertiary/aromatic N) is 2. The van der Waals surface area contributed by atoms with E-state index in [-0.39, 0.29) is 34.9 Å². The number of amides is 1. The molecule has 0 saturated heterocycles. The monoisotopic (exact) mass is 403 g/mol. The minimum absolute atomic E-state index is 0.0194. The van der Waals surface area contributed by atoms with Crippen molar-refractivity contribution in [2.75, 3.05) is 27.7 Å². The zero-order valence-corrected chi connectivity index (χ0v) is 18.5. The van der Waals surface area contributed by atoms with Crippen molar-refractivity contribution < 1.29 is 18.2 Å². The third-order valence-electron chi connectivity index (χ3n) is 8.04.